The van der Waals surface area contributed by atoms with Gasteiger partial charge in [-0.15, -0.1) is 0 Å². The molecular formula is C12H12ClFN2O. The highest BCUT2D eigenvalue weighted by Gasteiger charge is 2.27. The Labute approximate surface area is 103 Å². The van der Waals surface area contributed by atoms with Gasteiger partial charge in [0.25, 0.3) is 0 Å². The Morgan fingerprint density at radius 2 is 2.24 bits per heavy atom. The second-order valence-corrected chi connectivity index (χ2v) is 4.96. The van der Waals surface area contributed by atoms with Gasteiger partial charge in [-0.1, -0.05) is 11.6 Å². The highest BCUT2D eigenvalue weighted by Crippen LogP contribution is 2.35. The van der Waals surface area contributed by atoms with Crippen LogP contribution >= 0.6 is 11.6 Å². The number of aromatic nitrogens is 1. The highest BCUT2D eigenvalue weighted by molar-refractivity contribution is 6.31. The molecule has 3 rings (SSSR count). The van der Waals surface area contributed by atoms with Gasteiger partial charge in [-0.3, -0.25) is 0 Å². The van der Waals surface area contributed by atoms with E-state index in [1.54, 1.807) is 0 Å². The molecule has 3 nitrogen and oxygen atoms in total. The van der Waals surface area contributed by atoms with Gasteiger partial charge in [0.05, 0.1) is 5.02 Å². The Hall–Kier alpha value is -1.13. The highest BCUT2D eigenvalue weighted by atomic mass is 35.5. The Morgan fingerprint density at radius 1 is 1.41 bits per heavy atom. The van der Waals surface area contributed by atoms with Crippen molar-refractivity contribution in [1.29, 1.82) is 0 Å². The molecule has 2 unspecified atom stereocenters. The second kappa shape index (κ2) is 3.96. The third kappa shape index (κ3) is 1.91. The summed E-state index contributed by atoms with van der Waals surface area (Å²) >= 11 is 5.70. The van der Waals surface area contributed by atoms with E-state index in [0.717, 1.165) is 19.3 Å². The number of fused-ring (bicyclic) bond motifs is 1. The number of nitrogens with two attached hydrogens (primary N) is 1. The zero-order valence-corrected chi connectivity index (χ0v) is 9.88. The number of oxazole rings is 1. The van der Waals surface area contributed by atoms with Crippen LogP contribution < -0.4 is 5.73 Å². The third-order valence-corrected chi connectivity index (χ3v) is 3.56. The average Bonchev–Trinajstić information content (AvgIpc) is 2.85. The summed E-state index contributed by atoms with van der Waals surface area (Å²) in [5.74, 6) is 0.416. The number of halogens is 2. The Morgan fingerprint density at radius 3 is 2.94 bits per heavy atom. The number of hydrogen-bond donors (Lipinski definition) is 1. The van der Waals surface area contributed by atoms with Crippen molar-refractivity contribution in [1.82, 2.24) is 4.98 Å². The minimum absolute atomic E-state index is 0.0699. The minimum Gasteiger partial charge on any atom is -0.440 e. The van der Waals surface area contributed by atoms with Gasteiger partial charge >= 0.3 is 0 Å². The summed E-state index contributed by atoms with van der Waals surface area (Å²) in [5, 5.41) is 0.0699. The largest absolute Gasteiger partial charge is 0.440 e. The summed E-state index contributed by atoms with van der Waals surface area (Å²) < 4.78 is 18.8. The monoisotopic (exact) mass is 254 g/mol. The Bertz CT molecular complexity index is 530. The molecule has 90 valence electrons. The summed E-state index contributed by atoms with van der Waals surface area (Å²) in [6.07, 6.45) is 2.84. The van der Waals surface area contributed by atoms with Crippen LogP contribution in [0, 0.1) is 5.82 Å². The van der Waals surface area contributed by atoms with Crippen LogP contribution in [0.1, 0.15) is 31.1 Å². The van der Waals surface area contributed by atoms with Gasteiger partial charge in [0.2, 0.25) is 0 Å². The van der Waals surface area contributed by atoms with E-state index in [9.17, 15) is 4.39 Å². The van der Waals surface area contributed by atoms with E-state index in [2.05, 4.69) is 4.98 Å². The fourth-order valence-corrected chi connectivity index (χ4v) is 2.51. The SMILES string of the molecule is NC1CCC(c2nc3cc(Cl)c(F)cc3o2)C1. The van der Waals surface area contributed by atoms with Crippen molar-refractivity contribution in [3.63, 3.8) is 0 Å². The van der Waals surface area contributed by atoms with E-state index in [1.165, 1.54) is 12.1 Å². The molecule has 0 bridgehead atoms. The van der Waals surface area contributed by atoms with Crippen LogP contribution in [0.2, 0.25) is 5.02 Å². The first-order chi connectivity index (χ1) is 8.13. The first kappa shape index (κ1) is 11.0. The number of hydrogen-bond acceptors (Lipinski definition) is 3. The van der Waals surface area contributed by atoms with Gasteiger partial charge in [-0.25, -0.2) is 9.37 Å². The van der Waals surface area contributed by atoms with Crippen molar-refractivity contribution in [2.75, 3.05) is 0 Å². The molecule has 1 saturated carbocycles. The Kier molecular flexibility index (Phi) is 2.56. The molecule has 1 fully saturated rings. The van der Waals surface area contributed by atoms with Crippen molar-refractivity contribution in [3.05, 3.63) is 28.9 Å². The van der Waals surface area contributed by atoms with Crippen LogP contribution in [0.15, 0.2) is 16.5 Å². The quantitative estimate of drug-likeness (QED) is 0.850. The van der Waals surface area contributed by atoms with Gasteiger partial charge < -0.3 is 10.2 Å². The molecule has 0 spiro atoms. The predicted molar refractivity (Wildman–Crippen MR) is 63.5 cm³/mol. The molecule has 1 aromatic heterocycles. The number of nitrogens with zero attached hydrogens (tertiary/aromatic N) is 1. The zero-order valence-electron chi connectivity index (χ0n) is 9.12. The molecule has 17 heavy (non-hydrogen) atoms. The molecule has 2 N–H and O–H groups in total. The average molecular weight is 255 g/mol. The summed E-state index contributed by atoms with van der Waals surface area (Å²) in [6, 6.07) is 2.99. The lowest BCUT2D eigenvalue weighted by Gasteiger charge is -2.02. The summed E-state index contributed by atoms with van der Waals surface area (Å²) in [5.41, 5.74) is 6.90. The molecule has 5 heteroatoms. The zero-order chi connectivity index (χ0) is 12.0. The molecule has 0 amide bonds. The van der Waals surface area contributed by atoms with Crippen molar-refractivity contribution in [3.8, 4) is 0 Å². The van der Waals surface area contributed by atoms with Crippen LogP contribution in [0.25, 0.3) is 11.1 Å². The van der Waals surface area contributed by atoms with Gasteiger partial charge in [-0.05, 0) is 25.3 Å². The van der Waals surface area contributed by atoms with Crippen LogP contribution in [0.4, 0.5) is 4.39 Å². The molecule has 1 aliphatic carbocycles. The minimum atomic E-state index is -0.481. The van der Waals surface area contributed by atoms with Crippen molar-refractivity contribution >= 4 is 22.7 Å². The van der Waals surface area contributed by atoms with Crippen molar-refractivity contribution in [2.24, 2.45) is 5.73 Å². The normalized spacial score (nSPS) is 24.6. The summed E-state index contributed by atoms with van der Waals surface area (Å²) in [6.45, 7) is 0. The molecular weight excluding hydrogens is 243 g/mol. The van der Waals surface area contributed by atoms with Gasteiger partial charge in [0, 0.05) is 18.0 Å². The van der Waals surface area contributed by atoms with Crippen LogP contribution in [-0.2, 0) is 0 Å². The van der Waals surface area contributed by atoms with Crippen LogP contribution in [-0.4, -0.2) is 11.0 Å². The first-order valence-corrected chi connectivity index (χ1v) is 6.02. The third-order valence-electron chi connectivity index (χ3n) is 3.27. The second-order valence-electron chi connectivity index (χ2n) is 4.56. The molecule has 2 atom stereocenters. The molecule has 1 aromatic carbocycles. The smallest absolute Gasteiger partial charge is 0.198 e. The molecule has 2 aromatic rings. The lowest BCUT2D eigenvalue weighted by Crippen LogP contribution is -2.14. The maximum atomic E-state index is 13.3. The van der Waals surface area contributed by atoms with E-state index >= 15 is 0 Å². The molecule has 0 saturated heterocycles. The maximum absolute atomic E-state index is 13.3. The van der Waals surface area contributed by atoms with Gasteiger partial charge in [-0.2, -0.15) is 0 Å². The molecule has 0 radical (unpaired) electrons. The van der Waals surface area contributed by atoms with Gasteiger partial charge in [0.1, 0.15) is 11.3 Å². The maximum Gasteiger partial charge on any atom is 0.198 e. The van der Waals surface area contributed by atoms with Crippen LogP contribution in [0.3, 0.4) is 0 Å². The predicted octanol–water partition coefficient (Wildman–Crippen LogP) is 3.22. The fraction of sp³-hybridized carbons (Fsp3) is 0.417. The van der Waals surface area contributed by atoms with E-state index in [1.807, 2.05) is 0 Å². The molecule has 0 aliphatic heterocycles. The number of rotatable bonds is 1. The summed E-state index contributed by atoms with van der Waals surface area (Å²) in [4.78, 5) is 4.36. The van der Waals surface area contributed by atoms with E-state index < -0.39 is 5.82 Å². The summed E-state index contributed by atoms with van der Waals surface area (Å²) in [7, 11) is 0. The lowest BCUT2D eigenvalue weighted by molar-refractivity contribution is 0.470. The Balaban J connectivity index is 2.02. The standard InChI is InChI=1S/C12H12ClFN2O/c13-8-4-10-11(5-9(8)14)17-12(16-10)6-1-2-7(15)3-6/h4-7H,1-3,15H2. The lowest BCUT2D eigenvalue weighted by atomic mass is 10.1. The van der Waals surface area contributed by atoms with Crippen molar-refractivity contribution < 1.29 is 8.81 Å². The van der Waals surface area contributed by atoms with E-state index in [0.29, 0.717) is 17.0 Å². The van der Waals surface area contributed by atoms with Gasteiger partial charge in [0.15, 0.2) is 11.5 Å². The van der Waals surface area contributed by atoms with Crippen molar-refractivity contribution in [2.45, 2.75) is 31.2 Å². The van der Waals surface area contributed by atoms with E-state index in [4.69, 9.17) is 21.8 Å². The number of benzene rings is 1. The molecule has 1 aliphatic rings. The van der Waals surface area contributed by atoms with E-state index in [-0.39, 0.29) is 17.0 Å². The van der Waals surface area contributed by atoms with Crippen LogP contribution in [0.5, 0.6) is 0 Å². The molecule has 1 heterocycles. The first-order valence-electron chi connectivity index (χ1n) is 5.64. The fourth-order valence-electron chi connectivity index (χ4n) is 2.36. The topological polar surface area (TPSA) is 52.0 Å².